The number of hydrogen-bond donors (Lipinski definition) is 0. The zero-order valence-corrected chi connectivity index (χ0v) is 14.2. The van der Waals surface area contributed by atoms with Crippen LogP contribution in [0.5, 0.6) is 6.01 Å². The van der Waals surface area contributed by atoms with Crippen LogP contribution in [0.25, 0.3) is 0 Å². The third-order valence-electron chi connectivity index (χ3n) is 3.45. The number of halogens is 1. The highest BCUT2D eigenvalue weighted by Gasteiger charge is 2.37. The first-order valence-corrected chi connectivity index (χ1v) is 7.79. The van der Waals surface area contributed by atoms with Crippen molar-refractivity contribution in [3.05, 3.63) is 17.4 Å². The molecule has 0 N–H and O–H groups in total. The normalized spacial score (nSPS) is 18.4. The molecule has 1 saturated heterocycles. The summed E-state index contributed by atoms with van der Waals surface area (Å²) in [6.07, 6.45) is 4.30. The summed E-state index contributed by atoms with van der Waals surface area (Å²) in [6.45, 7) is 5.46. The number of likely N-dealkylation sites (tertiary alicyclic amines) is 1. The largest absolute Gasteiger partial charge is 0.458 e. The van der Waals surface area contributed by atoms with Gasteiger partial charge in [-0.05, 0) is 26.7 Å². The summed E-state index contributed by atoms with van der Waals surface area (Å²) in [7, 11) is 0. The lowest BCUT2D eigenvalue weighted by Gasteiger charge is -2.36. The number of rotatable bonds is 4. The summed E-state index contributed by atoms with van der Waals surface area (Å²) in [5.74, 6) is -0.722. The van der Waals surface area contributed by atoms with Gasteiger partial charge in [0.1, 0.15) is 6.10 Å². The van der Waals surface area contributed by atoms with E-state index in [1.165, 1.54) is 19.3 Å². The van der Waals surface area contributed by atoms with Crippen LogP contribution in [0.1, 0.15) is 33.6 Å². The van der Waals surface area contributed by atoms with E-state index in [0.29, 0.717) is 18.1 Å². The number of ether oxygens (including phenoxy) is 2. The quantitative estimate of drug-likeness (QED) is 0.777. The average molecular weight is 342 g/mol. The number of carbonyl (C=O) groups is 2. The maximum absolute atomic E-state index is 12.5. The smallest absolute Gasteiger partial charge is 0.316 e. The van der Waals surface area contributed by atoms with Crippen LogP contribution in [0.3, 0.4) is 0 Å². The molecule has 126 valence electrons. The molecular formula is C15H20ClN3O4. The Morgan fingerprint density at radius 1 is 1.35 bits per heavy atom. The summed E-state index contributed by atoms with van der Waals surface area (Å²) in [5, 5.41) is 0.431. The molecule has 1 amide bonds. The summed E-state index contributed by atoms with van der Waals surface area (Å²) in [5.41, 5.74) is -1.19. The molecule has 0 spiro atoms. The lowest BCUT2D eigenvalue weighted by atomic mass is 10.0. The van der Waals surface area contributed by atoms with Gasteiger partial charge in [-0.25, -0.2) is 9.97 Å². The van der Waals surface area contributed by atoms with Gasteiger partial charge in [-0.1, -0.05) is 11.6 Å². The maximum atomic E-state index is 12.5. The van der Waals surface area contributed by atoms with E-state index in [1.54, 1.807) is 18.7 Å². The Morgan fingerprint density at radius 2 is 2.00 bits per heavy atom. The highest BCUT2D eigenvalue weighted by molar-refractivity contribution is 6.30. The van der Waals surface area contributed by atoms with Gasteiger partial charge >= 0.3 is 12.0 Å². The molecule has 1 aliphatic rings. The van der Waals surface area contributed by atoms with Gasteiger partial charge < -0.3 is 14.4 Å². The van der Waals surface area contributed by atoms with E-state index in [9.17, 15) is 9.59 Å². The van der Waals surface area contributed by atoms with Crippen molar-refractivity contribution in [1.82, 2.24) is 14.9 Å². The molecule has 8 heteroatoms. The van der Waals surface area contributed by atoms with E-state index in [2.05, 4.69) is 9.97 Å². The summed E-state index contributed by atoms with van der Waals surface area (Å²) < 4.78 is 10.8. The predicted octanol–water partition coefficient (Wildman–Crippen LogP) is 1.84. The standard InChI is InChI=1S/C15H20ClN3O4/c1-10(20)23-15(2,3)13(21)19-6-4-5-12(9-19)22-14-17-7-11(16)8-18-14/h7-8,12H,4-6,9H2,1-3H3/t12-/m0/s1. The highest BCUT2D eigenvalue weighted by atomic mass is 35.5. The second-order valence-electron chi connectivity index (χ2n) is 5.92. The molecule has 2 rings (SSSR count). The first-order chi connectivity index (χ1) is 10.8. The van der Waals surface area contributed by atoms with Crippen molar-refractivity contribution in [3.8, 4) is 6.01 Å². The van der Waals surface area contributed by atoms with Gasteiger partial charge in [0.05, 0.1) is 24.0 Å². The topological polar surface area (TPSA) is 81.6 Å². The zero-order chi connectivity index (χ0) is 17.0. The first kappa shape index (κ1) is 17.5. The van der Waals surface area contributed by atoms with Crippen LogP contribution >= 0.6 is 11.6 Å². The third kappa shape index (κ3) is 4.79. The molecule has 1 aliphatic heterocycles. The SMILES string of the molecule is CC(=O)OC(C)(C)C(=O)N1CCC[C@H](Oc2ncc(Cl)cn2)C1. The Bertz CT molecular complexity index is 577. The van der Waals surface area contributed by atoms with Crippen LogP contribution in [-0.2, 0) is 14.3 Å². The fourth-order valence-corrected chi connectivity index (χ4v) is 2.61. The van der Waals surface area contributed by atoms with Crippen molar-refractivity contribution >= 4 is 23.5 Å². The fourth-order valence-electron chi connectivity index (χ4n) is 2.51. The summed E-state index contributed by atoms with van der Waals surface area (Å²) in [4.78, 5) is 33.3. The Kier molecular flexibility index (Phi) is 5.41. The molecule has 0 aliphatic carbocycles. The van der Waals surface area contributed by atoms with Crippen molar-refractivity contribution in [2.75, 3.05) is 13.1 Å². The number of esters is 1. The number of piperidine rings is 1. The number of amides is 1. The van der Waals surface area contributed by atoms with Crippen LogP contribution in [0.15, 0.2) is 12.4 Å². The van der Waals surface area contributed by atoms with Crippen LogP contribution in [-0.4, -0.2) is 51.5 Å². The van der Waals surface area contributed by atoms with E-state index in [0.717, 1.165) is 12.8 Å². The highest BCUT2D eigenvalue weighted by Crippen LogP contribution is 2.21. The van der Waals surface area contributed by atoms with Gasteiger partial charge in [-0.2, -0.15) is 0 Å². The van der Waals surface area contributed by atoms with Gasteiger partial charge in [0.25, 0.3) is 5.91 Å². The molecule has 23 heavy (non-hydrogen) atoms. The molecule has 1 aromatic rings. The number of aromatic nitrogens is 2. The van der Waals surface area contributed by atoms with Crippen molar-refractivity contribution in [3.63, 3.8) is 0 Å². The number of hydrogen-bond acceptors (Lipinski definition) is 6. The average Bonchev–Trinajstić information content (AvgIpc) is 2.48. The van der Waals surface area contributed by atoms with Gasteiger partial charge in [0.15, 0.2) is 5.60 Å². The molecule has 2 heterocycles. The van der Waals surface area contributed by atoms with E-state index < -0.39 is 11.6 Å². The third-order valence-corrected chi connectivity index (χ3v) is 3.64. The summed E-state index contributed by atoms with van der Waals surface area (Å²) >= 11 is 5.74. The molecule has 7 nitrogen and oxygen atoms in total. The minimum atomic E-state index is -1.19. The Morgan fingerprint density at radius 3 is 2.61 bits per heavy atom. The van der Waals surface area contributed by atoms with E-state index in [4.69, 9.17) is 21.1 Å². The zero-order valence-electron chi connectivity index (χ0n) is 13.4. The monoisotopic (exact) mass is 341 g/mol. The molecule has 0 aromatic carbocycles. The van der Waals surface area contributed by atoms with Crippen LogP contribution in [0.4, 0.5) is 0 Å². The molecular weight excluding hydrogens is 322 g/mol. The molecule has 0 unspecified atom stereocenters. The minimum absolute atomic E-state index is 0.206. The Labute approximate surface area is 139 Å². The summed E-state index contributed by atoms with van der Waals surface area (Å²) in [6, 6.07) is 0.230. The number of carbonyl (C=O) groups excluding carboxylic acids is 2. The van der Waals surface area contributed by atoms with E-state index in [-0.39, 0.29) is 18.0 Å². The van der Waals surface area contributed by atoms with E-state index >= 15 is 0 Å². The molecule has 1 fully saturated rings. The number of nitrogens with zero attached hydrogens (tertiary/aromatic N) is 3. The van der Waals surface area contributed by atoms with Crippen LogP contribution in [0.2, 0.25) is 5.02 Å². The second kappa shape index (κ2) is 7.12. The van der Waals surface area contributed by atoms with Crippen molar-refractivity contribution in [1.29, 1.82) is 0 Å². The van der Waals surface area contributed by atoms with Gasteiger partial charge in [-0.3, -0.25) is 9.59 Å². The van der Waals surface area contributed by atoms with Crippen molar-refractivity contribution < 1.29 is 19.1 Å². The first-order valence-electron chi connectivity index (χ1n) is 7.41. The van der Waals surface area contributed by atoms with Crippen molar-refractivity contribution in [2.45, 2.75) is 45.3 Å². The molecule has 0 radical (unpaired) electrons. The molecule has 1 atom stereocenters. The predicted molar refractivity (Wildman–Crippen MR) is 83.1 cm³/mol. The maximum Gasteiger partial charge on any atom is 0.316 e. The van der Waals surface area contributed by atoms with E-state index in [1.807, 2.05) is 0 Å². The minimum Gasteiger partial charge on any atom is -0.458 e. The van der Waals surface area contributed by atoms with Crippen molar-refractivity contribution in [2.24, 2.45) is 0 Å². The lowest BCUT2D eigenvalue weighted by Crippen LogP contribution is -2.53. The Hall–Kier alpha value is -1.89. The fraction of sp³-hybridized carbons (Fsp3) is 0.600. The molecule has 1 aromatic heterocycles. The van der Waals surface area contributed by atoms with Crippen LogP contribution < -0.4 is 4.74 Å². The second-order valence-corrected chi connectivity index (χ2v) is 6.36. The lowest BCUT2D eigenvalue weighted by molar-refractivity contribution is -0.169. The van der Waals surface area contributed by atoms with Gasteiger partial charge in [-0.15, -0.1) is 0 Å². The van der Waals surface area contributed by atoms with Gasteiger partial charge in [0, 0.05) is 13.5 Å². The molecule has 0 bridgehead atoms. The van der Waals surface area contributed by atoms with Gasteiger partial charge in [0.2, 0.25) is 0 Å². The Balaban J connectivity index is 1.98. The van der Waals surface area contributed by atoms with Crippen LogP contribution in [0, 0.1) is 0 Å². The molecule has 0 saturated carbocycles.